The molecule has 1 saturated heterocycles. The highest BCUT2D eigenvalue weighted by atomic mass is 19.1. The molecule has 0 spiro atoms. The largest absolute Gasteiger partial charge is 0.494 e. The van der Waals surface area contributed by atoms with Crippen LogP contribution in [0.5, 0.6) is 5.75 Å². The summed E-state index contributed by atoms with van der Waals surface area (Å²) in [5, 5.41) is 17.9. The molecule has 0 bridgehead atoms. The predicted octanol–water partition coefficient (Wildman–Crippen LogP) is 2.44. The molecule has 1 fully saturated rings. The Morgan fingerprint density at radius 1 is 1.12 bits per heavy atom. The van der Waals surface area contributed by atoms with Gasteiger partial charge in [-0.3, -0.25) is 0 Å². The van der Waals surface area contributed by atoms with Gasteiger partial charge in [-0.15, -0.1) is 5.10 Å². The molecule has 25 heavy (non-hydrogen) atoms. The zero-order valence-electron chi connectivity index (χ0n) is 14.6. The van der Waals surface area contributed by atoms with Crippen molar-refractivity contribution in [3.8, 4) is 11.8 Å². The molecule has 0 saturated carbocycles. The summed E-state index contributed by atoms with van der Waals surface area (Å²) < 4.78 is 18.7. The number of rotatable bonds is 3. The zero-order chi connectivity index (χ0) is 18.0. The number of methoxy groups -OCH3 is 1. The van der Waals surface area contributed by atoms with Crippen LogP contribution in [0.15, 0.2) is 18.2 Å². The standard InChI is InChI=1S/C18H20FN5O/c1-12-13(2)21-22-18(15(12)11-20)24-8-6-23(7-9-24)16-5-4-14(19)10-17(16)25-3/h4-5,10H,6-9H2,1-3H3. The van der Waals surface area contributed by atoms with E-state index in [-0.39, 0.29) is 5.82 Å². The summed E-state index contributed by atoms with van der Waals surface area (Å²) in [7, 11) is 1.54. The van der Waals surface area contributed by atoms with E-state index in [9.17, 15) is 9.65 Å². The van der Waals surface area contributed by atoms with Crippen LogP contribution in [-0.2, 0) is 0 Å². The SMILES string of the molecule is COc1cc(F)ccc1N1CCN(c2nnc(C)c(C)c2C#N)CC1. The van der Waals surface area contributed by atoms with Gasteiger partial charge in [-0.2, -0.15) is 10.4 Å². The Balaban J connectivity index is 1.79. The maximum absolute atomic E-state index is 13.4. The van der Waals surface area contributed by atoms with E-state index >= 15 is 0 Å². The molecule has 2 heterocycles. The van der Waals surface area contributed by atoms with Crippen LogP contribution in [0.1, 0.15) is 16.8 Å². The minimum absolute atomic E-state index is 0.316. The minimum Gasteiger partial charge on any atom is -0.494 e. The Bertz CT molecular complexity index is 825. The first-order chi connectivity index (χ1) is 12.0. The van der Waals surface area contributed by atoms with E-state index in [4.69, 9.17) is 4.74 Å². The van der Waals surface area contributed by atoms with Crippen LogP contribution in [0, 0.1) is 31.0 Å². The fourth-order valence-corrected chi connectivity index (χ4v) is 3.02. The number of nitrogens with zero attached hydrogens (tertiary/aromatic N) is 5. The van der Waals surface area contributed by atoms with Gasteiger partial charge in [-0.25, -0.2) is 4.39 Å². The van der Waals surface area contributed by atoms with Crippen LogP contribution in [0.25, 0.3) is 0 Å². The summed E-state index contributed by atoms with van der Waals surface area (Å²) in [4.78, 5) is 4.22. The average molecular weight is 341 g/mol. The van der Waals surface area contributed by atoms with E-state index < -0.39 is 0 Å². The molecule has 1 aromatic carbocycles. The summed E-state index contributed by atoms with van der Waals surface area (Å²) in [5.74, 6) is 0.844. The number of benzene rings is 1. The molecule has 3 rings (SSSR count). The second-order valence-electron chi connectivity index (χ2n) is 6.01. The number of aryl methyl sites for hydroxylation is 1. The smallest absolute Gasteiger partial charge is 0.169 e. The molecule has 7 heteroatoms. The minimum atomic E-state index is -0.316. The van der Waals surface area contributed by atoms with Crippen molar-refractivity contribution in [3.63, 3.8) is 0 Å². The number of nitriles is 1. The Morgan fingerprint density at radius 3 is 2.44 bits per heavy atom. The third-order valence-electron chi connectivity index (χ3n) is 4.61. The van der Waals surface area contributed by atoms with Crippen molar-refractivity contribution in [3.05, 3.63) is 40.8 Å². The van der Waals surface area contributed by atoms with Crippen LogP contribution in [-0.4, -0.2) is 43.5 Å². The molecule has 0 unspecified atom stereocenters. The van der Waals surface area contributed by atoms with Crippen molar-refractivity contribution in [2.75, 3.05) is 43.1 Å². The van der Waals surface area contributed by atoms with Gasteiger partial charge in [-0.05, 0) is 31.5 Å². The summed E-state index contributed by atoms with van der Waals surface area (Å²) in [6.07, 6.45) is 0. The summed E-state index contributed by atoms with van der Waals surface area (Å²) in [5.41, 5.74) is 3.10. The molecule has 1 aliphatic heterocycles. The highest BCUT2D eigenvalue weighted by Gasteiger charge is 2.24. The quantitative estimate of drug-likeness (QED) is 0.854. The molecule has 0 atom stereocenters. The summed E-state index contributed by atoms with van der Waals surface area (Å²) in [6, 6.07) is 6.82. The number of hydrogen-bond donors (Lipinski definition) is 0. The van der Waals surface area contributed by atoms with Crippen LogP contribution < -0.4 is 14.5 Å². The van der Waals surface area contributed by atoms with Gasteiger partial charge in [0.25, 0.3) is 0 Å². The predicted molar refractivity (Wildman–Crippen MR) is 93.6 cm³/mol. The first kappa shape index (κ1) is 17.0. The van der Waals surface area contributed by atoms with E-state index in [1.54, 1.807) is 13.2 Å². The van der Waals surface area contributed by atoms with Crippen molar-refractivity contribution in [2.24, 2.45) is 0 Å². The molecule has 130 valence electrons. The Kier molecular flexibility index (Phi) is 4.70. The Hall–Kier alpha value is -2.88. The van der Waals surface area contributed by atoms with Gasteiger partial charge in [0.05, 0.1) is 18.5 Å². The van der Waals surface area contributed by atoms with Gasteiger partial charge in [0.2, 0.25) is 0 Å². The van der Waals surface area contributed by atoms with Crippen molar-refractivity contribution in [1.29, 1.82) is 5.26 Å². The van der Waals surface area contributed by atoms with Crippen LogP contribution in [0.2, 0.25) is 0 Å². The lowest BCUT2D eigenvalue weighted by Gasteiger charge is -2.37. The number of anilines is 2. The van der Waals surface area contributed by atoms with Gasteiger partial charge in [0.1, 0.15) is 23.2 Å². The fourth-order valence-electron chi connectivity index (χ4n) is 3.02. The van der Waals surface area contributed by atoms with Crippen molar-refractivity contribution >= 4 is 11.5 Å². The third-order valence-corrected chi connectivity index (χ3v) is 4.61. The van der Waals surface area contributed by atoms with E-state index in [0.29, 0.717) is 30.2 Å². The maximum Gasteiger partial charge on any atom is 0.169 e. The molecular weight excluding hydrogens is 321 g/mol. The lowest BCUT2D eigenvalue weighted by molar-refractivity contribution is 0.410. The number of halogens is 1. The number of piperazine rings is 1. The topological polar surface area (TPSA) is 65.3 Å². The van der Waals surface area contributed by atoms with Crippen LogP contribution in [0.4, 0.5) is 15.9 Å². The molecule has 0 amide bonds. The van der Waals surface area contributed by atoms with Gasteiger partial charge in [0, 0.05) is 32.2 Å². The Morgan fingerprint density at radius 2 is 1.80 bits per heavy atom. The first-order valence-electron chi connectivity index (χ1n) is 8.12. The van der Waals surface area contributed by atoms with E-state index in [1.807, 2.05) is 13.8 Å². The molecule has 0 N–H and O–H groups in total. The summed E-state index contributed by atoms with van der Waals surface area (Å²) in [6.45, 7) is 6.60. The van der Waals surface area contributed by atoms with Gasteiger partial charge in [0.15, 0.2) is 5.82 Å². The van der Waals surface area contributed by atoms with Crippen molar-refractivity contribution < 1.29 is 9.13 Å². The highest BCUT2D eigenvalue weighted by molar-refractivity contribution is 5.61. The number of aromatic nitrogens is 2. The normalized spacial score (nSPS) is 14.4. The molecule has 2 aromatic rings. The van der Waals surface area contributed by atoms with Gasteiger partial charge >= 0.3 is 0 Å². The second-order valence-corrected chi connectivity index (χ2v) is 6.01. The molecule has 1 aliphatic rings. The molecule has 1 aromatic heterocycles. The van der Waals surface area contributed by atoms with Crippen LogP contribution >= 0.6 is 0 Å². The van der Waals surface area contributed by atoms with Crippen molar-refractivity contribution in [1.82, 2.24) is 10.2 Å². The number of hydrogen-bond acceptors (Lipinski definition) is 6. The number of ether oxygens (including phenoxy) is 1. The maximum atomic E-state index is 13.4. The third kappa shape index (κ3) is 3.20. The lowest BCUT2D eigenvalue weighted by Crippen LogP contribution is -2.47. The molecule has 0 aliphatic carbocycles. The van der Waals surface area contributed by atoms with Gasteiger partial charge < -0.3 is 14.5 Å². The average Bonchev–Trinajstić information content (AvgIpc) is 2.64. The lowest BCUT2D eigenvalue weighted by atomic mass is 10.1. The zero-order valence-corrected chi connectivity index (χ0v) is 14.6. The Labute approximate surface area is 146 Å². The molecular formula is C18H20FN5O. The van der Waals surface area contributed by atoms with E-state index in [0.717, 1.165) is 30.0 Å². The second kappa shape index (κ2) is 6.93. The molecule has 6 nitrogen and oxygen atoms in total. The van der Waals surface area contributed by atoms with E-state index in [1.165, 1.54) is 12.1 Å². The first-order valence-corrected chi connectivity index (χ1v) is 8.12. The van der Waals surface area contributed by atoms with Crippen LogP contribution in [0.3, 0.4) is 0 Å². The van der Waals surface area contributed by atoms with Gasteiger partial charge in [-0.1, -0.05) is 0 Å². The fraction of sp³-hybridized carbons (Fsp3) is 0.389. The summed E-state index contributed by atoms with van der Waals surface area (Å²) >= 11 is 0. The molecule has 0 radical (unpaired) electrons. The highest BCUT2D eigenvalue weighted by Crippen LogP contribution is 2.30. The van der Waals surface area contributed by atoms with Crippen molar-refractivity contribution in [2.45, 2.75) is 13.8 Å². The monoisotopic (exact) mass is 341 g/mol. The van der Waals surface area contributed by atoms with E-state index in [2.05, 4.69) is 26.1 Å².